The minimum absolute atomic E-state index is 0. The van der Waals surface area contributed by atoms with Crippen LogP contribution in [0.4, 0.5) is 0 Å². The van der Waals surface area contributed by atoms with E-state index in [0.29, 0.717) is 0 Å². The fourth-order valence-corrected chi connectivity index (χ4v) is 0.250. The molecule has 0 aromatic carbocycles. The summed E-state index contributed by atoms with van der Waals surface area (Å²) >= 11 is 0. The van der Waals surface area contributed by atoms with Gasteiger partial charge >= 0.3 is 37.8 Å². The molecule has 0 heterocycles. The van der Waals surface area contributed by atoms with E-state index in [4.69, 9.17) is 0 Å². The van der Waals surface area contributed by atoms with Gasteiger partial charge in [0.05, 0.1) is 0 Å². The Morgan fingerprint density at radius 2 is 1.57 bits per heavy atom. The van der Waals surface area contributed by atoms with Crippen molar-refractivity contribution in [3.8, 4) is 0 Å². The Balaban J connectivity index is 0. The Morgan fingerprint density at radius 1 is 1.29 bits per heavy atom. The van der Waals surface area contributed by atoms with Crippen LogP contribution in [-0.4, -0.2) is 43.8 Å². The van der Waals surface area contributed by atoms with Gasteiger partial charge in [0.1, 0.15) is 0 Å². The van der Waals surface area contributed by atoms with Gasteiger partial charge in [-0.25, -0.2) is 0 Å². The third-order valence-corrected chi connectivity index (χ3v) is 1.00. The number of hydrogen-bond acceptors (Lipinski definition) is 3. The minimum atomic E-state index is -2.12. The zero-order valence-corrected chi connectivity index (χ0v) is 4.72. The van der Waals surface area contributed by atoms with E-state index in [1.165, 1.54) is 14.2 Å². The van der Waals surface area contributed by atoms with Gasteiger partial charge in [-0.3, -0.25) is 4.57 Å². The second-order valence-corrected chi connectivity index (χ2v) is 1.97. The van der Waals surface area contributed by atoms with Crippen molar-refractivity contribution in [3.63, 3.8) is 0 Å². The van der Waals surface area contributed by atoms with Gasteiger partial charge in [-0.2, -0.15) is 0 Å². The van der Waals surface area contributed by atoms with Crippen LogP contribution < -0.4 is 0 Å². The van der Waals surface area contributed by atoms with Gasteiger partial charge in [-0.05, 0) is 0 Å². The molecule has 0 aromatic heterocycles. The van der Waals surface area contributed by atoms with Crippen molar-refractivity contribution in [1.29, 1.82) is 0 Å². The van der Waals surface area contributed by atoms with E-state index in [1.54, 1.807) is 0 Å². The molecule has 0 saturated heterocycles. The monoisotopic (exact) mass is 134 g/mol. The zero-order valence-electron chi connectivity index (χ0n) is 3.72. The first-order valence-corrected chi connectivity index (χ1v) is 2.65. The van der Waals surface area contributed by atoms with Crippen molar-refractivity contribution in [2.45, 2.75) is 0 Å². The van der Waals surface area contributed by atoms with Crippen LogP contribution in [0.25, 0.3) is 0 Å². The van der Waals surface area contributed by atoms with E-state index in [1.807, 2.05) is 0 Å². The average Bonchev–Trinajstić information content (AvgIpc) is 1.65. The van der Waals surface area contributed by atoms with E-state index in [9.17, 15) is 4.57 Å². The van der Waals surface area contributed by atoms with E-state index in [0.717, 1.165) is 0 Å². The van der Waals surface area contributed by atoms with Crippen LogP contribution >= 0.6 is 8.25 Å². The van der Waals surface area contributed by atoms with Gasteiger partial charge in [-0.15, -0.1) is 0 Å². The maximum atomic E-state index is 9.92. The molecule has 0 fully saturated rings. The summed E-state index contributed by atoms with van der Waals surface area (Å²) < 4.78 is 18.4. The molecule has 0 spiro atoms. The fraction of sp³-hybridized carbons (Fsp3) is 1.00. The van der Waals surface area contributed by atoms with Crippen LogP contribution in [0, 0.1) is 0 Å². The summed E-state index contributed by atoms with van der Waals surface area (Å²) in [4.78, 5) is 0. The maximum absolute atomic E-state index is 9.92. The van der Waals surface area contributed by atoms with Crippen LogP contribution in [0.2, 0.25) is 0 Å². The van der Waals surface area contributed by atoms with Crippen molar-refractivity contribution in [3.05, 3.63) is 0 Å². The molecule has 5 heteroatoms. The standard InChI is InChI=1S/C2H7O3P.Na.H/c1-4-6(3)5-2;;/h6H,1-2H3;;. The van der Waals surface area contributed by atoms with E-state index in [2.05, 4.69) is 9.05 Å². The predicted octanol–water partition coefficient (Wildman–Crippen LogP) is 0.0204. The van der Waals surface area contributed by atoms with Crippen LogP contribution in [0.5, 0.6) is 0 Å². The Labute approximate surface area is 65.6 Å². The third-order valence-electron chi connectivity index (χ3n) is 0.333. The molecule has 0 amide bonds. The zero-order chi connectivity index (χ0) is 4.99. The molecular weight excluding hydrogens is 126 g/mol. The van der Waals surface area contributed by atoms with Crippen molar-refractivity contribution in [2.75, 3.05) is 14.2 Å². The molecule has 0 aromatic rings. The van der Waals surface area contributed by atoms with Crippen LogP contribution in [-0.2, 0) is 13.6 Å². The van der Waals surface area contributed by atoms with Gasteiger partial charge < -0.3 is 9.05 Å². The SMILES string of the molecule is CO[PH](=O)OC.[NaH]. The first kappa shape index (κ1) is 11.0. The van der Waals surface area contributed by atoms with Crippen molar-refractivity contribution < 1.29 is 13.6 Å². The van der Waals surface area contributed by atoms with Gasteiger partial charge in [0, 0.05) is 14.2 Å². The molecule has 0 rings (SSSR count). The first-order chi connectivity index (χ1) is 2.81. The summed E-state index contributed by atoms with van der Waals surface area (Å²) in [5.41, 5.74) is 0. The molecular formula is C2H8NaO3P. The second-order valence-electron chi connectivity index (χ2n) is 0.658. The Bertz CT molecular complexity index is 50.9. The van der Waals surface area contributed by atoms with E-state index >= 15 is 0 Å². The molecule has 40 valence electrons. The van der Waals surface area contributed by atoms with Gasteiger partial charge in [-0.1, -0.05) is 0 Å². The topological polar surface area (TPSA) is 35.5 Å². The predicted molar refractivity (Wildman–Crippen MR) is 30.2 cm³/mol. The molecule has 0 aliphatic carbocycles. The molecule has 0 N–H and O–H groups in total. The Morgan fingerprint density at radius 3 is 1.57 bits per heavy atom. The molecule has 0 aliphatic rings. The Kier molecular flexibility index (Phi) is 11.3. The molecule has 0 aliphatic heterocycles. The molecule has 0 bridgehead atoms. The van der Waals surface area contributed by atoms with Crippen molar-refractivity contribution >= 4 is 37.8 Å². The summed E-state index contributed by atoms with van der Waals surface area (Å²) in [6.45, 7) is 0. The van der Waals surface area contributed by atoms with Gasteiger partial charge in [0.25, 0.3) is 0 Å². The van der Waals surface area contributed by atoms with Crippen molar-refractivity contribution in [2.24, 2.45) is 0 Å². The summed E-state index contributed by atoms with van der Waals surface area (Å²) in [5, 5.41) is 0. The second kappa shape index (κ2) is 7.15. The summed E-state index contributed by atoms with van der Waals surface area (Å²) in [7, 11) is 0.558. The summed E-state index contributed by atoms with van der Waals surface area (Å²) in [5.74, 6) is 0. The van der Waals surface area contributed by atoms with E-state index < -0.39 is 8.25 Å². The van der Waals surface area contributed by atoms with E-state index in [-0.39, 0.29) is 29.6 Å². The van der Waals surface area contributed by atoms with Gasteiger partial charge in [0.15, 0.2) is 0 Å². The van der Waals surface area contributed by atoms with Crippen molar-refractivity contribution in [1.82, 2.24) is 0 Å². The third kappa shape index (κ3) is 7.15. The fourth-order valence-electron chi connectivity index (χ4n) is 0.0833. The number of rotatable bonds is 2. The molecule has 0 saturated carbocycles. The summed E-state index contributed by atoms with van der Waals surface area (Å²) in [6, 6.07) is 0. The molecule has 3 nitrogen and oxygen atoms in total. The molecule has 0 atom stereocenters. The van der Waals surface area contributed by atoms with Crippen LogP contribution in [0.3, 0.4) is 0 Å². The quantitative estimate of drug-likeness (QED) is 0.394. The molecule has 0 radical (unpaired) electrons. The van der Waals surface area contributed by atoms with Gasteiger partial charge in [0.2, 0.25) is 0 Å². The summed E-state index contributed by atoms with van der Waals surface area (Å²) in [6.07, 6.45) is 0. The number of hydrogen-bond donors (Lipinski definition) is 0. The molecule has 7 heavy (non-hydrogen) atoms. The average molecular weight is 134 g/mol. The van der Waals surface area contributed by atoms with Crippen LogP contribution in [0.1, 0.15) is 0 Å². The normalized spacial score (nSPS) is 8.43. The Hall–Kier alpha value is 1.15. The first-order valence-electron chi connectivity index (χ1n) is 1.43. The van der Waals surface area contributed by atoms with Crippen LogP contribution in [0.15, 0.2) is 0 Å². The molecule has 0 unspecified atom stereocenters.